The molecule has 1 amide bonds. The molecule has 0 fully saturated rings. The third kappa shape index (κ3) is 4.58. The topological polar surface area (TPSA) is 146 Å². The van der Waals surface area contributed by atoms with Gasteiger partial charge < -0.3 is 9.47 Å². The molecule has 0 spiro atoms. The molecule has 0 aliphatic heterocycles. The lowest BCUT2D eigenvalue weighted by Crippen LogP contribution is -2.20. The lowest BCUT2D eigenvalue weighted by atomic mass is 10.1. The van der Waals surface area contributed by atoms with Crippen molar-refractivity contribution in [3.63, 3.8) is 0 Å². The molecule has 1 N–H and O–H groups in total. The fourth-order valence-electron chi connectivity index (χ4n) is 2.29. The molecule has 0 aromatic heterocycles. The summed E-state index contributed by atoms with van der Waals surface area (Å²) in [5.74, 6) is 0.195. The molecule has 0 radical (unpaired) electrons. The van der Waals surface area contributed by atoms with Gasteiger partial charge in [-0.25, -0.2) is 5.43 Å². The van der Waals surface area contributed by atoms with E-state index < -0.39 is 27.1 Å². The van der Waals surface area contributed by atoms with Crippen molar-refractivity contribution in [1.82, 2.24) is 5.43 Å². The summed E-state index contributed by atoms with van der Waals surface area (Å²) < 4.78 is 10.4. The summed E-state index contributed by atoms with van der Waals surface area (Å²) in [6.45, 7) is 1.61. The number of rotatable bonds is 7. The van der Waals surface area contributed by atoms with Crippen LogP contribution in [-0.4, -0.2) is 35.7 Å². The van der Waals surface area contributed by atoms with Crippen LogP contribution in [0, 0.1) is 20.2 Å². The molecule has 2 aromatic carbocycles. The molecule has 0 atom stereocenters. The Morgan fingerprint density at radius 2 is 1.61 bits per heavy atom. The van der Waals surface area contributed by atoms with Crippen LogP contribution in [0.4, 0.5) is 11.4 Å². The van der Waals surface area contributed by atoms with Gasteiger partial charge in [0, 0.05) is 23.8 Å². The second-order valence-electron chi connectivity index (χ2n) is 5.46. The molecule has 11 nitrogen and oxygen atoms in total. The molecular formula is C17H16N4O7. The summed E-state index contributed by atoms with van der Waals surface area (Å²) >= 11 is 0. The number of nitrogens with zero attached hydrogens (tertiary/aromatic N) is 3. The molecule has 2 aromatic rings. The number of nitro benzene ring substituents is 2. The van der Waals surface area contributed by atoms with E-state index in [0.29, 0.717) is 22.8 Å². The zero-order valence-corrected chi connectivity index (χ0v) is 15.2. The minimum atomic E-state index is -0.835. The predicted molar refractivity (Wildman–Crippen MR) is 99.0 cm³/mol. The lowest BCUT2D eigenvalue weighted by molar-refractivity contribution is -0.394. The lowest BCUT2D eigenvalue weighted by Gasteiger charge is -2.10. The molecular weight excluding hydrogens is 372 g/mol. The van der Waals surface area contributed by atoms with E-state index in [9.17, 15) is 25.0 Å². The summed E-state index contributed by atoms with van der Waals surface area (Å²) in [5, 5.41) is 25.8. The molecule has 28 heavy (non-hydrogen) atoms. The highest BCUT2D eigenvalue weighted by molar-refractivity contribution is 6.03. The van der Waals surface area contributed by atoms with E-state index in [2.05, 4.69) is 10.5 Å². The molecule has 0 aliphatic rings. The van der Waals surface area contributed by atoms with Gasteiger partial charge in [0.25, 0.3) is 17.3 Å². The number of carbonyl (C=O) groups excluding carboxylic acids is 1. The number of non-ortho nitro benzene ring substituents is 2. The SMILES string of the molecule is COc1ccc(C(C)=NNC(=O)c2cc([N+](=O)[O-])cc([N+](=O)[O-])c2)c(OC)c1. The van der Waals surface area contributed by atoms with Crippen molar-refractivity contribution in [3.05, 3.63) is 67.8 Å². The molecule has 0 heterocycles. The van der Waals surface area contributed by atoms with Gasteiger partial charge in [-0.05, 0) is 19.1 Å². The van der Waals surface area contributed by atoms with E-state index in [1.54, 1.807) is 25.1 Å². The summed E-state index contributed by atoms with van der Waals surface area (Å²) in [6, 6.07) is 7.64. The van der Waals surface area contributed by atoms with Gasteiger partial charge in [0.2, 0.25) is 0 Å². The zero-order chi connectivity index (χ0) is 20.8. The molecule has 11 heteroatoms. The number of nitrogens with one attached hydrogen (secondary N) is 1. The van der Waals surface area contributed by atoms with E-state index >= 15 is 0 Å². The second kappa shape index (κ2) is 8.58. The largest absolute Gasteiger partial charge is 0.497 e. The van der Waals surface area contributed by atoms with Gasteiger partial charge in [0.15, 0.2) is 0 Å². The summed E-state index contributed by atoms with van der Waals surface area (Å²) in [4.78, 5) is 32.5. The fourth-order valence-corrected chi connectivity index (χ4v) is 2.29. The van der Waals surface area contributed by atoms with Crippen LogP contribution in [-0.2, 0) is 0 Å². The van der Waals surface area contributed by atoms with Crippen molar-refractivity contribution < 1.29 is 24.1 Å². The molecule has 146 valence electrons. The van der Waals surface area contributed by atoms with Crippen LogP contribution in [0.2, 0.25) is 0 Å². The predicted octanol–water partition coefficient (Wildman–Crippen LogP) is 2.67. The first-order valence-corrected chi connectivity index (χ1v) is 7.77. The Labute approximate surface area is 158 Å². The van der Waals surface area contributed by atoms with Crippen LogP contribution in [0.25, 0.3) is 0 Å². The van der Waals surface area contributed by atoms with Gasteiger partial charge in [-0.1, -0.05) is 0 Å². The number of hydrazone groups is 1. The van der Waals surface area contributed by atoms with Crippen molar-refractivity contribution in [3.8, 4) is 11.5 Å². The van der Waals surface area contributed by atoms with Gasteiger partial charge in [0.05, 0.1) is 41.4 Å². The molecule has 0 unspecified atom stereocenters. The van der Waals surface area contributed by atoms with Gasteiger partial charge in [0.1, 0.15) is 11.5 Å². The molecule has 0 saturated heterocycles. The van der Waals surface area contributed by atoms with Crippen molar-refractivity contribution in [2.75, 3.05) is 14.2 Å². The van der Waals surface area contributed by atoms with Crippen molar-refractivity contribution in [2.24, 2.45) is 5.10 Å². The number of benzene rings is 2. The third-order valence-electron chi connectivity index (χ3n) is 3.71. The average Bonchev–Trinajstić information content (AvgIpc) is 2.70. The van der Waals surface area contributed by atoms with Crippen molar-refractivity contribution >= 4 is 23.0 Å². The van der Waals surface area contributed by atoms with E-state index in [4.69, 9.17) is 9.47 Å². The van der Waals surface area contributed by atoms with E-state index in [-0.39, 0.29) is 5.56 Å². The van der Waals surface area contributed by atoms with Gasteiger partial charge in [-0.2, -0.15) is 5.10 Å². The normalized spacial score (nSPS) is 10.9. The van der Waals surface area contributed by atoms with Crippen LogP contribution in [0.3, 0.4) is 0 Å². The molecule has 0 saturated carbocycles. The number of ether oxygens (including phenoxy) is 2. The number of nitro groups is 2. The summed E-state index contributed by atoms with van der Waals surface area (Å²) in [7, 11) is 2.97. The van der Waals surface area contributed by atoms with E-state index in [1.807, 2.05) is 0 Å². The Morgan fingerprint density at radius 3 is 2.11 bits per heavy atom. The smallest absolute Gasteiger partial charge is 0.277 e. The number of amides is 1. The highest BCUT2D eigenvalue weighted by atomic mass is 16.6. The molecule has 2 rings (SSSR count). The van der Waals surface area contributed by atoms with Crippen LogP contribution < -0.4 is 14.9 Å². The van der Waals surface area contributed by atoms with Crippen molar-refractivity contribution in [2.45, 2.75) is 6.92 Å². The van der Waals surface area contributed by atoms with Gasteiger partial charge >= 0.3 is 0 Å². The maximum Gasteiger partial charge on any atom is 0.277 e. The number of methoxy groups -OCH3 is 2. The Morgan fingerprint density at radius 1 is 1.00 bits per heavy atom. The van der Waals surface area contributed by atoms with Crippen LogP contribution in [0.15, 0.2) is 41.5 Å². The van der Waals surface area contributed by atoms with Gasteiger partial charge in [-0.3, -0.25) is 25.0 Å². The Kier molecular flexibility index (Phi) is 6.22. The van der Waals surface area contributed by atoms with Crippen LogP contribution in [0.1, 0.15) is 22.8 Å². The maximum absolute atomic E-state index is 12.3. The number of hydrogen-bond donors (Lipinski definition) is 1. The summed E-state index contributed by atoms with van der Waals surface area (Å²) in [5.41, 5.74) is 1.78. The highest BCUT2D eigenvalue weighted by Crippen LogP contribution is 2.25. The first-order valence-electron chi connectivity index (χ1n) is 7.77. The Balaban J connectivity index is 2.30. The average molecular weight is 388 g/mol. The first kappa shape index (κ1) is 20.3. The second-order valence-corrected chi connectivity index (χ2v) is 5.46. The minimum absolute atomic E-state index is 0.265. The first-order chi connectivity index (χ1) is 13.3. The molecule has 0 bridgehead atoms. The highest BCUT2D eigenvalue weighted by Gasteiger charge is 2.20. The van der Waals surface area contributed by atoms with E-state index in [0.717, 1.165) is 18.2 Å². The monoisotopic (exact) mass is 388 g/mol. The van der Waals surface area contributed by atoms with E-state index in [1.165, 1.54) is 14.2 Å². The number of carbonyl (C=O) groups is 1. The zero-order valence-electron chi connectivity index (χ0n) is 15.2. The third-order valence-corrected chi connectivity index (χ3v) is 3.71. The van der Waals surface area contributed by atoms with Crippen molar-refractivity contribution in [1.29, 1.82) is 0 Å². The van der Waals surface area contributed by atoms with Crippen LogP contribution in [0.5, 0.6) is 11.5 Å². The maximum atomic E-state index is 12.3. The van der Waals surface area contributed by atoms with Gasteiger partial charge in [-0.15, -0.1) is 0 Å². The summed E-state index contributed by atoms with van der Waals surface area (Å²) in [6.07, 6.45) is 0. The molecule has 0 aliphatic carbocycles. The standard InChI is InChI=1S/C17H16N4O7/c1-10(15-5-4-14(27-2)9-16(15)28-3)18-19-17(22)11-6-12(20(23)24)8-13(7-11)21(25)26/h4-9H,1-3H3,(H,19,22). The fraction of sp³-hybridized carbons (Fsp3) is 0.176. The number of hydrogen-bond acceptors (Lipinski definition) is 8. The minimum Gasteiger partial charge on any atom is -0.497 e. The Hall–Kier alpha value is -4.02. The quantitative estimate of drug-likeness (QED) is 0.436. The Bertz CT molecular complexity index is 940. The van der Waals surface area contributed by atoms with Crippen LogP contribution >= 0.6 is 0 Å².